The molecule has 0 amide bonds. The van der Waals surface area contributed by atoms with Crippen LogP contribution in [0.2, 0.25) is 0 Å². The van der Waals surface area contributed by atoms with Gasteiger partial charge in [0.2, 0.25) is 0 Å². The van der Waals surface area contributed by atoms with Gasteiger partial charge in [0, 0.05) is 18.3 Å². The van der Waals surface area contributed by atoms with E-state index < -0.39 is 0 Å². The van der Waals surface area contributed by atoms with Gasteiger partial charge >= 0.3 is 0 Å². The van der Waals surface area contributed by atoms with Crippen LogP contribution in [0.4, 0.5) is 0 Å². The molecule has 2 aromatic rings. The first-order chi connectivity index (χ1) is 7.61. The van der Waals surface area contributed by atoms with Crippen molar-refractivity contribution in [2.45, 2.75) is 27.3 Å². The Morgan fingerprint density at radius 2 is 1.81 bits per heavy atom. The van der Waals surface area contributed by atoms with E-state index >= 15 is 0 Å². The van der Waals surface area contributed by atoms with Gasteiger partial charge in [0.15, 0.2) is 0 Å². The van der Waals surface area contributed by atoms with Gasteiger partial charge in [0.1, 0.15) is 0 Å². The number of hydrogen-bond donors (Lipinski definition) is 1. The van der Waals surface area contributed by atoms with Crippen molar-refractivity contribution < 1.29 is 0 Å². The number of benzene rings is 1. The zero-order valence-corrected chi connectivity index (χ0v) is 9.99. The van der Waals surface area contributed by atoms with Gasteiger partial charge in [0.05, 0.1) is 11.9 Å². The molecule has 3 heteroatoms. The largest absolute Gasteiger partial charge is 0.326 e. The second kappa shape index (κ2) is 4.10. The molecule has 0 unspecified atom stereocenters. The molecule has 0 radical (unpaired) electrons. The minimum absolute atomic E-state index is 0.532. The summed E-state index contributed by atoms with van der Waals surface area (Å²) < 4.78 is 1.91. The maximum absolute atomic E-state index is 5.59. The summed E-state index contributed by atoms with van der Waals surface area (Å²) in [5, 5.41) is 4.35. The minimum atomic E-state index is 0.532. The van der Waals surface area contributed by atoms with Gasteiger partial charge in [-0.05, 0) is 31.9 Å². The summed E-state index contributed by atoms with van der Waals surface area (Å²) in [7, 11) is 0. The number of aromatic nitrogens is 2. The van der Waals surface area contributed by atoms with Crippen LogP contribution < -0.4 is 5.73 Å². The van der Waals surface area contributed by atoms with Gasteiger partial charge in [-0.1, -0.05) is 17.7 Å². The maximum Gasteiger partial charge on any atom is 0.0704 e. The van der Waals surface area contributed by atoms with Crippen LogP contribution in [0.15, 0.2) is 24.5 Å². The molecule has 1 aromatic carbocycles. The molecule has 0 bridgehead atoms. The van der Waals surface area contributed by atoms with Gasteiger partial charge in [-0.2, -0.15) is 5.10 Å². The lowest BCUT2D eigenvalue weighted by molar-refractivity contribution is 0.863. The number of aryl methyl sites for hydroxylation is 3. The molecule has 0 saturated heterocycles. The average Bonchev–Trinajstić information content (AvgIpc) is 2.64. The van der Waals surface area contributed by atoms with Crippen molar-refractivity contribution in [1.29, 1.82) is 0 Å². The van der Waals surface area contributed by atoms with Gasteiger partial charge < -0.3 is 5.73 Å². The van der Waals surface area contributed by atoms with Crippen molar-refractivity contribution in [2.75, 3.05) is 0 Å². The third kappa shape index (κ3) is 1.86. The van der Waals surface area contributed by atoms with Crippen molar-refractivity contribution >= 4 is 0 Å². The summed E-state index contributed by atoms with van der Waals surface area (Å²) in [4.78, 5) is 0. The lowest BCUT2D eigenvalue weighted by Crippen LogP contribution is -2.01. The highest BCUT2D eigenvalue weighted by molar-refractivity contribution is 5.48. The van der Waals surface area contributed by atoms with Gasteiger partial charge in [-0.3, -0.25) is 0 Å². The fourth-order valence-corrected chi connectivity index (χ4v) is 2.12. The van der Waals surface area contributed by atoms with E-state index in [4.69, 9.17) is 5.73 Å². The second-order valence-electron chi connectivity index (χ2n) is 4.24. The fourth-order valence-electron chi connectivity index (χ4n) is 2.12. The smallest absolute Gasteiger partial charge is 0.0704 e. The molecule has 0 spiro atoms. The Bertz CT molecular complexity index is 489. The number of nitrogens with two attached hydrogens (primary N) is 1. The predicted octanol–water partition coefficient (Wildman–Crippen LogP) is 2.26. The van der Waals surface area contributed by atoms with Crippen LogP contribution in [-0.2, 0) is 6.54 Å². The van der Waals surface area contributed by atoms with E-state index in [0.717, 1.165) is 11.3 Å². The monoisotopic (exact) mass is 215 g/mol. The van der Waals surface area contributed by atoms with Crippen LogP contribution in [-0.4, -0.2) is 9.78 Å². The summed E-state index contributed by atoms with van der Waals surface area (Å²) in [6.45, 7) is 6.86. The Morgan fingerprint density at radius 1 is 1.19 bits per heavy atom. The highest BCUT2D eigenvalue weighted by atomic mass is 15.3. The maximum atomic E-state index is 5.59. The van der Waals surface area contributed by atoms with E-state index in [1.165, 1.54) is 16.7 Å². The second-order valence-corrected chi connectivity index (χ2v) is 4.24. The van der Waals surface area contributed by atoms with Crippen molar-refractivity contribution in [1.82, 2.24) is 9.78 Å². The highest BCUT2D eigenvalue weighted by Gasteiger charge is 2.07. The Morgan fingerprint density at radius 3 is 2.31 bits per heavy atom. The SMILES string of the molecule is Cc1cc(C)c(-n2cc(CN)cn2)c(C)c1. The van der Waals surface area contributed by atoms with Crippen molar-refractivity contribution in [3.63, 3.8) is 0 Å². The molecule has 3 nitrogen and oxygen atoms in total. The van der Waals surface area contributed by atoms with Crippen molar-refractivity contribution in [3.8, 4) is 5.69 Å². The van der Waals surface area contributed by atoms with E-state index in [9.17, 15) is 0 Å². The summed E-state index contributed by atoms with van der Waals surface area (Å²) in [5.41, 5.74) is 11.6. The molecule has 0 aliphatic rings. The predicted molar refractivity (Wildman–Crippen MR) is 65.7 cm³/mol. The lowest BCUT2D eigenvalue weighted by Gasteiger charge is -2.10. The quantitative estimate of drug-likeness (QED) is 0.835. The first kappa shape index (κ1) is 10.9. The molecular formula is C13H17N3. The Labute approximate surface area is 95.9 Å². The summed E-state index contributed by atoms with van der Waals surface area (Å²) in [6, 6.07) is 4.35. The first-order valence-corrected chi connectivity index (χ1v) is 5.43. The Balaban J connectivity index is 2.55. The van der Waals surface area contributed by atoms with E-state index in [2.05, 4.69) is 38.0 Å². The fraction of sp³-hybridized carbons (Fsp3) is 0.308. The van der Waals surface area contributed by atoms with E-state index in [1.54, 1.807) is 0 Å². The van der Waals surface area contributed by atoms with Crippen LogP contribution in [0.25, 0.3) is 5.69 Å². The van der Waals surface area contributed by atoms with Gasteiger partial charge in [-0.25, -0.2) is 4.68 Å². The van der Waals surface area contributed by atoms with Gasteiger partial charge in [0.25, 0.3) is 0 Å². The number of nitrogens with zero attached hydrogens (tertiary/aromatic N) is 2. The molecule has 1 heterocycles. The normalized spacial score (nSPS) is 10.8. The molecular weight excluding hydrogens is 198 g/mol. The summed E-state index contributed by atoms with van der Waals surface area (Å²) in [5.74, 6) is 0. The molecule has 2 rings (SSSR count). The molecule has 84 valence electrons. The molecule has 16 heavy (non-hydrogen) atoms. The molecule has 0 atom stereocenters. The number of hydrogen-bond acceptors (Lipinski definition) is 2. The highest BCUT2D eigenvalue weighted by Crippen LogP contribution is 2.20. The minimum Gasteiger partial charge on any atom is -0.326 e. The Kier molecular flexibility index (Phi) is 2.79. The molecule has 0 fully saturated rings. The summed E-state index contributed by atoms with van der Waals surface area (Å²) >= 11 is 0. The van der Waals surface area contributed by atoms with E-state index in [1.807, 2.05) is 17.1 Å². The van der Waals surface area contributed by atoms with Crippen molar-refractivity contribution in [2.24, 2.45) is 5.73 Å². The Hall–Kier alpha value is -1.61. The van der Waals surface area contributed by atoms with Crippen molar-refractivity contribution in [3.05, 3.63) is 46.8 Å². The summed E-state index contributed by atoms with van der Waals surface area (Å²) in [6.07, 6.45) is 3.81. The molecule has 2 N–H and O–H groups in total. The number of rotatable bonds is 2. The van der Waals surface area contributed by atoms with Crippen LogP contribution in [0, 0.1) is 20.8 Å². The standard InChI is InChI=1S/C13H17N3/c1-9-4-10(2)13(11(3)5-9)16-8-12(6-14)7-15-16/h4-5,7-8H,6,14H2,1-3H3. The van der Waals surface area contributed by atoms with E-state index in [-0.39, 0.29) is 0 Å². The van der Waals surface area contributed by atoms with E-state index in [0.29, 0.717) is 6.54 Å². The zero-order chi connectivity index (χ0) is 11.7. The van der Waals surface area contributed by atoms with Crippen LogP contribution in [0.1, 0.15) is 22.3 Å². The lowest BCUT2D eigenvalue weighted by atomic mass is 10.1. The zero-order valence-electron chi connectivity index (χ0n) is 9.99. The van der Waals surface area contributed by atoms with Crippen LogP contribution in [0.3, 0.4) is 0 Å². The first-order valence-electron chi connectivity index (χ1n) is 5.43. The van der Waals surface area contributed by atoms with Gasteiger partial charge in [-0.15, -0.1) is 0 Å². The average molecular weight is 215 g/mol. The molecule has 1 aromatic heterocycles. The third-order valence-electron chi connectivity index (χ3n) is 2.74. The molecule has 0 saturated carbocycles. The molecule has 0 aliphatic heterocycles. The van der Waals surface area contributed by atoms with Crippen LogP contribution in [0.5, 0.6) is 0 Å². The topological polar surface area (TPSA) is 43.8 Å². The third-order valence-corrected chi connectivity index (χ3v) is 2.74. The molecule has 0 aliphatic carbocycles. The van der Waals surface area contributed by atoms with Crippen LogP contribution >= 0.6 is 0 Å².